The van der Waals surface area contributed by atoms with E-state index in [9.17, 15) is 0 Å². The summed E-state index contributed by atoms with van der Waals surface area (Å²) >= 11 is 0. The molecule has 1 N–H and O–H groups in total. The van der Waals surface area contributed by atoms with Gasteiger partial charge in [0.25, 0.3) is 0 Å². The van der Waals surface area contributed by atoms with Gasteiger partial charge in [-0.15, -0.1) is 0 Å². The Labute approximate surface area is 122 Å². The SMILES string of the molecule is CCCNCCCCc1cc2c(cc1OC)CC(C)O2. The molecule has 0 bridgehead atoms. The highest BCUT2D eigenvalue weighted by atomic mass is 16.5. The summed E-state index contributed by atoms with van der Waals surface area (Å²) in [5, 5.41) is 3.44. The first-order chi connectivity index (χ1) is 9.74. The molecule has 1 aromatic carbocycles. The van der Waals surface area contributed by atoms with Crippen molar-refractivity contribution in [2.45, 2.75) is 52.1 Å². The van der Waals surface area contributed by atoms with Gasteiger partial charge in [0.2, 0.25) is 0 Å². The second kappa shape index (κ2) is 7.53. The molecule has 0 radical (unpaired) electrons. The summed E-state index contributed by atoms with van der Waals surface area (Å²) in [7, 11) is 1.76. The van der Waals surface area contributed by atoms with Gasteiger partial charge in [0, 0.05) is 12.0 Å². The zero-order valence-corrected chi connectivity index (χ0v) is 13.0. The lowest BCUT2D eigenvalue weighted by Crippen LogP contribution is -2.15. The molecule has 20 heavy (non-hydrogen) atoms. The van der Waals surface area contributed by atoms with E-state index in [1.54, 1.807) is 7.11 Å². The van der Waals surface area contributed by atoms with Crippen LogP contribution in [0.25, 0.3) is 0 Å². The fourth-order valence-corrected chi connectivity index (χ4v) is 2.73. The summed E-state index contributed by atoms with van der Waals surface area (Å²) in [4.78, 5) is 0. The number of hydrogen-bond acceptors (Lipinski definition) is 3. The molecule has 0 amide bonds. The summed E-state index contributed by atoms with van der Waals surface area (Å²) in [5.41, 5.74) is 2.55. The molecule has 0 aromatic heterocycles. The topological polar surface area (TPSA) is 30.5 Å². The standard InChI is InChI=1S/C17H27NO2/c1-4-8-18-9-6-5-7-14-11-17-15(10-13(2)20-17)12-16(14)19-3/h11-13,18H,4-10H2,1-3H3. The van der Waals surface area contributed by atoms with Crippen LogP contribution in [0.2, 0.25) is 0 Å². The van der Waals surface area contributed by atoms with Gasteiger partial charge in [-0.1, -0.05) is 6.92 Å². The molecule has 0 aliphatic carbocycles. The molecule has 3 nitrogen and oxygen atoms in total. The quantitative estimate of drug-likeness (QED) is 0.739. The first-order valence-electron chi connectivity index (χ1n) is 7.81. The maximum atomic E-state index is 5.84. The second-order valence-corrected chi connectivity index (χ2v) is 5.61. The molecule has 3 heteroatoms. The van der Waals surface area contributed by atoms with Crippen LogP contribution in [0.4, 0.5) is 0 Å². The van der Waals surface area contributed by atoms with E-state index in [1.165, 1.54) is 30.4 Å². The predicted octanol–water partition coefficient (Wildman–Crippen LogP) is 3.34. The zero-order chi connectivity index (χ0) is 14.4. The number of aryl methyl sites for hydroxylation is 1. The molecular weight excluding hydrogens is 250 g/mol. The van der Waals surface area contributed by atoms with Crippen LogP contribution in [-0.4, -0.2) is 26.3 Å². The number of methoxy groups -OCH3 is 1. The first kappa shape index (κ1) is 15.2. The lowest BCUT2D eigenvalue weighted by molar-refractivity contribution is 0.254. The zero-order valence-electron chi connectivity index (χ0n) is 13.0. The minimum Gasteiger partial charge on any atom is -0.496 e. The van der Waals surface area contributed by atoms with E-state index in [0.717, 1.165) is 37.4 Å². The molecule has 1 atom stereocenters. The van der Waals surface area contributed by atoms with Crippen LogP contribution in [0.5, 0.6) is 11.5 Å². The normalized spacial score (nSPS) is 16.9. The van der Waals surface area contributed by atoms with E-state index >= 15 is 0 Å². The van der Waals surface area contributed by atoms with Crippen molar-refractivity contribution < 1.29 is 9.47 Å². The average molecular weight is 277 g/mol. The molecule has 0 fully saturated rings. The van der Waals surface area contributed by atoms with Gasteiger partial charge in [-0.25, -0.2) is 0 Å². The maximum absolute atomic E-state index is 5.84. The fraction of sp³-hybridized carbons (Fsp3) is 0.647. The Morgan fingerprint density at radius 2 is 2.15 bits per heavy atom. The summed E-state index contributed by atoms with van der Waals surface area (Å²) in [5.74, 6) is 2.07. The number of fused-ring (bicyclic) bond motifs is 1. The molecule has 2 rings (SSSR count). The Balaban J connectivity index is 1.89. The predicted molar refractivity (Wildman–Crippen MR) is 82.9 cm³/mol. The molecule has 0 saturated heterocycles. The molecule has 1 aliphatic rings. The van der Waals surface area contributed by atoms with Gasteiger partial charge in [-0.2, -0.15) is 0 Å². The van der Waals surface area contributed by atoms with E-state index < -0.39 is 0 Å². The van der Waals surface area contributed by atoms with Crippen molar-refractivity contribution in [1.82, 2.24) is 5.32 Å². The highest BCUT2D eigenvalue weighted by molar-refractivity contribution is 5.48. The monoisotopic (exact) mass is 277 g/mol. The first-order valence-corrected chi connectivity index (χ1v) is 7.81. The number of benzene rings is 1. The number of ether oxygens (including phenoxy) is 2. The van der Waals surface area contributed by atoms with Gasteiger partial charge >= 0.3 is 0 Å². The summed E-state index contributed by atoms with van der Waals surface area (Å²) in [6, 6.07) is 4.33. The van der Waals surface area contributed by atoms with Crippen LogP contribution in [0, 0.1) is 0 Å². The van der Waals surface area contributed by atoms with E-state index in [0.29, 0.717) is 6.10 Å². The molecule has 1 unspecified atom stereocenters. The molecular formula is C17H27NO2. The smallest absolute Gasteiger partial charge is 0.123 e. The highest BCUT2D eigenvalue weighted by Crippen LogP contribution is 2.35. The van der Waals surface area contributed by atoms with Gasteiger partial charge in [0.1, 0.15) is 17.6 Å². The fourth-order valence-electron chi connectivity index (χ4n) is 2.73. The van der Waals surface area contributed by atoms with Crippen LogP contribution in [0.3, 0.4) is 0 Å². The van der Waals surface area contributed by atoms with Crippen molar-refractivity contribution in [2.75, 3.05) is 20.2 Å². The Kier molecular flexibility index (Phi) is 5.72. The van der Waals surface area contributed by atoms with Crippen molar-refractivity contribution in [3.8, 4) is 11.5 Å². The van der Waals surface area contributed by atoms with Gasteiger partial charge in [0.15, 0.2) is 0 Å². The second-order valence-electron chi connectivity index (χ2n) is 5.61. The number of nitrogens with one attached hydrogen (secondary N) is 1. The van der Waals surface area contributed by atoms with E-state index in [2.05, 4.69) is 31.3 Å². The molecule has 1 heterocycles. The largest absolute Gasteiger partial charge is 0.496 e. The third kappa shape index (κ3) is 3.89. The molecule has 1 aromatic rings. The Morgan fingerprint density at radius 1 is 1.30 bits per heavy atom. The number of rotatable bonds is 8. The van der Waals surface area contributed by atoms with Gasteiger partial charge in [-0.3, -0.25) is 0 Å². The summed E-state index contributed by atoms with van der Waals surface area (Å²) < 4.78 is 11.4. The van der Waals surface area contributed by atoms with Crippen molar-refractivity contribution in [2.24, 2.45) is 0 Å². The molecule has 0 saturated carbocycles. The third-order valence-electron chi connectivity index (χ3n) is 3.78. The van der Waals surface area contributed by atoms with Gasteiger partial charge < -0.3 is 14.8 Å². The van der Waals surface area contributed by atoms with Crippen molar-refractivity contribution in [3.63, 3.8) is 0 Å². The maximum Gasteiger partial charge on any atom is 0.123 e. The van der Waals surface area contributed by atoms with E-state index in [-0.39, 0.29) is 0 Å². The van der Waals surface area contributed by atoms with Crippen molar-refractivity contribution in [3.05, 3.63) is 23.3 Å². The lowest BCUT2D eigenvalue weighted by Gasteiger charge is -2.11. The Bertz CT molecular complexity index is 431. The molecule has 1 aliphatic heterocycles. The van der Waals surface area contributed by atoms with E-state index in [1.807, 2.05) is 0 Å². The minimum atomic E-state index is 0.295. The van der Waals surface area contributed by atoms with Crippen molar-refractivity contribution in [1.29, 1.82) is 0 Å². The third-order valence-corrected chi connectivity index (χ3v) is 3.78. The Hall–Kier alpha value is -1.22. The van der Waals surface area contributed by atoms with Crippen LogP contribution >= 0.6 is 0 Å². The molecule has 0 spiro atoms. The Morgan fingerprint density at radius 3 is 2.90 bits per heavy atom. The van der Waals surface area contributed by atoms with Gasteiger partial charge in [-0.05, 0) is 63.4 Å². The lowest BCUT2D eigenvalue weighted by atomic mass is 10.0. The minimum absolute atomic E-state index is 0.295. The van der Waals surface area contributed by atoms with Crippen LogP contribution in [0.1, 0.15) is 44.2 Å². The van der Waals surface area contributed by atoms with Crippen LogP contribution < -0.4 is 14.8 Å². The number of unbranched alkanes of at least 4 members (excludes halogenated alkanes) is 1. The molecule has 112 valence electrons. The summed E-state index contributed by atoms with van der Waals surface area (Å²) in [6.45, 7) is 6.54. The summed E-state index contributed by atoms with van der Waals surface area (Å²) in [6.07, 6.45) is 5.94. The van der Waals surface area contributed by atoms with Gasteiger partial charge in [0.05, 0.1) is 7.11 Å². The number of hydrogen-bond donors (Lipinski definition) is 1. The van der Waals surface area contributed by atoms with E-state index in [4.69, 9.17) is 9.47 Å². The highest BCUT2D eigenvalue weighted by Gasteiger charge is 2.21. The van der Waals surface area contributed by atoms with Crippen molar-refractivity contribution >= 4 is 0 Å². The average Bonchev–Trinajstić information content (AvgIpc) is 2.80. The van der Waals surface area contributed by atoms with Crippen LogP contribution in [0.15, 0.2) is 12.1 Å². The van der Waals surface area contributed by atoms with Crippen LogP contribution in [-0.2, 0) is 12.8 Å².